The number of rotatable bonds is 3. The number of nitrogens with one attached hydrogen (secondary N) is 1. The predicted molar refractivity (Wildman–Crippen MR) is 72.4 cm³/mol. The Morgan fingerprint density at radius 3 is 2.44 bits per heavy atom. The molecule has 1 heterocycles. The lowest BCUT2D eigenvalue weighted by molar-refractivity contribution is 0.223. The van der Waals surface area contributed by atoms with Crippen molar-refractivity contribution in [2.75, 3.05) is 20.2 Å². The highest BCUT2D eigenvalue weighted by Crippen LogP contribution is 2.25. The number of hydrogen-bond acceptors (Lipinski definition) is 3. The lowest BCUT2D eigenvalue weighted by atomic mass is 10.1. The summed E-state index contributed by atoms with van der Waals surface area (Å²) in [5, 5.41) is 5.66. The van der Waals surface area contributed by atoms with E-state index in [1.54, 1.807) is 7.11 Å². The van der Waals surface area contributed by atoms with Gasteiger partial charge in [0.2, 0.25) is 0 Å². The number of hydrogen-bond donors (Lipinski definition) is 1. The maximum atomic E-state index is 5.95. The number of methoxy groups -OCH3 is 1. The molecule has 0 aliphatic carbocycles. The Hall–Kier alpha value is -1.74. The molecule has 1 aliphatic rings. The summed E-state index contributed by atoms with van der Waals surface area (Å²) in [6.07, 6.45) is 1.39. The first-order valence-electron chi connectivity index (χ1n) is 6.30. The van der Waals surface area contributed by atoms with Crippen molar-refractivity contribution in [3.63, 3.8) is 0 Å². The SMILES string of the molecule is COc1ccc2cc(OC3CCNC3)ccc2c1. The monoisotopic (exact) mass is 243 g/mol. The molecule has 0 amide bonds. The van der Waals surface area contributed by atoms with Crippen molar-refractivity contribution >= 4 is 10.8 Å². The average molecular weight is 243 g/mol. The van der Waals surface area contributed by atoms with Gasteiger partial charge >= 0.3 is 0 Å². The molecule has 94 valence electrons. The van der Waals surface area contributed by atoms with Gasteiger partial charge in [0.05, 0.1) is 7.11 Å². The van der Waals surface area contributed by atoms with E-state index in [0.29, 0.717) is 6.10 Å². The van der Waals surface area contributed by atoms with E-state index in [2.05, 4.69) is 23.5 Å². The molecular formula is C15H17NO2. The highest BCUT2D eigenvalue weighted by Gasteiger charge is 2.15. The van der Waals surface area contributed by atoms with Gasteiger partial charge in [0, 0.05) is 6.54 Å². The van der Waals surface area contributed by atoms with Crippen molar-refractivity contribution in [1.82, 2.24) is 5.32 Å². The summed E-state index contributed by atoms with van der Waals surface area (Å²) in [6.45, 7) is 2.00. The minimum absolute atomic E-state index is 0.306. The average Bonchev–Trinajstić information content (AvgIpc) is 2.91. The van der Waals surface area contributed by atoms with E-state index in [9.17, 15) is 0 Å². The van der Waals surface area contributed by atoms with E-state index in [-0.39, 0.29) is 0 Å². The molecule has 0 saturated carbocycles. The summed E-state index contributed by atoms with van der Waals surface area (Å²) < 4.78 is 11.2. The molecule has 0 spiro atoms. The minimum atomic E-state index is 0.306. The van der Waals surface area contributed by atoms with Crippen molar-refractivity contribution in [2.45, 2.75) is 12.5 Å². The molecule has 1 aliphatic heterocycles. The summed E-state index contributed by atoms with van der Waals surface area (Å²) >= 11 is 0. The first kappa shape index (κ1) is 11.4. The molecule has 2 aromatic carbocycles. The lowest BCUT2D eigenvalue weighted by Crippen LogP contribution is -2.19. The van der Waals surface area contributed by atoms with Crippen LogP contribution < -0.4 is 14.8 Å². The van der Waals surface area contributed by atoms with Crippen LogP contribution in [0.1, 0.15) is 6.42 Å². The molecule has 3 rings (SSSR count). The third kappa shape index (κ3) is 2.27. The van der Waals surface area contributed by atoms with Gasteiger partial charge in [0.1, 0.15) is 17.6 Å². The van der Waals surface area contributed by atoms with Crippen molar-refractivity contribution in [3.8, 4) is 11.5 Å². The van der Waals surface area contributed by atoms with Crippen LogP contribution in [0.4, 0.5) is 0 Å². The molecule has 1 fully saturated rings. The Labute approximate surface area is 107 Å². The lowest BCUT2D eigenvalue weighted by Gasteiger charge is -2.13. The van der Waals surface area contributed by atoms with Crippen LogP contribution in [-0.2, 0) is 0 Å². The van der Waals surface area contributed by atoms with Crippen LogP contribution in [0.3, 0.4) is 0 Å². The zero-order chi connectivity index (χ0) is 12.4. The van der Waals surface area contributed by atoms with Crippen molar-refractivity contribution in [1.29, 1.82) is 0 Å². The molecule has 1 saturated heterocycles. The maximum Gasteiger partial charge on any atom is 0.120 e. The van der Waals surface area contributed by atoms with Crippen LogP contribution in [0.25, 0.3) is 10.8 Å². The molecule has 0 bridgehead atoms. The highest BCUT2D eigenvalue weighted by molar-refractivity contribution is 5.85. The van der Waals surface area contributed by atoms with E-state index < -0.39 is 0 Å². The summed E-state index contributed by atoms with van der Waals surface area (Å²) in [6, 6.07) is 12.3. The normalized spacial score (nSPS) is 19.1. The standard InChI is InChI=1S/C15H17NO2/c1-17-13-4-2-12-9-14(5-3-11(12)8-13)18-15-6-7-16-10-15/h2-5,8-9,15-16H,6-7,10H2,1H3. The zero-order valence-corrected chi connectivity index (χ0v) is 10.5. The fraction of sp³-hybridized carbons (Fsp3) is 0.333. The molecule has 18 heavy (non-hydrogen) atoms. The topological polar surface area (TPSA) is 30.5 Å². The quantitative estimate of drug-likeness (QED) is 0.898. The highest BCUT2D eigenvalue weighted by atomic mass is 16.5. The van der Waals surface area contributed by atoms with Gasteiger partial charge in [-0.1, -0.05) is 12.1 Å². The van der Waals surface area contributed by atoms with Crippen LogP contribution in [0, 0.1) is 0 Å². The maximum absolute atomic E-state index is 5.95. The molecule has 3 heteroatoms. The van der Waals surface area contributed by atoms with Gasteiger partial charge in [-0.15, -0.1) is 0 Å². The number of fused-ring (bicyclic) bond motifs is 1. The van der Waals surface area contributed by atoms with Gasteiger partial charge in [0.15, 0.2) is 0 Å². The molecule has 2 aromatic rings. The smallest absolute Gasteiger partial charge is 0.120 e. The van der Waals surface area contributed by atoms with Gasteiger partial charge in [-0.25, -0.2) is 0 Å². The van der Waals surface area contributed by atoms with Gasteiger partial charge in [-0.2, -0.15) is 0 Å². The molecule has 1 unspecified atom stereocenters. The van der Waals surface area contributed by atoms with Crippen LogP contribution >= 0.6 is 0 Å². The Morgan fingerprint density at radius 1 is 1.06 bits per heavy atom. The summed E-state index contributed by atoms with van der Waals surface area (Å²) in [7, 11) is 1.69. The second-order valence-corrected chi connectivity index (χ2v) is 4.61. The van der Waals surface area contributed by atoms with E-state index in [1.807, 2.05) is 18.2 Å². The molecule has 1 atom stereocenters. The Morgan fingerprint density at radius 2 is 1.78 bits per heavy atom. The van der Waals surface area contributed by atoms with E-state index in [4.69, 9.17) is 9.47 Å². The van der Waals surface area contributed by atoms with Gasteiger partial charge in [0.25, 0.3) is 0 Å². The Balaban J connectivity index is 1.86. The second kappa shape index (κ2) is 4.86. The number of benzene rings is 2. The fourth-order valence-corrected chi connectivity index (χ4v) is 2.32. The molecule has 0 radical (unpaired) electrons. The minimum Gasteiger partial charge on any atom is -0.497 e. The van der Waals surface area contributed by atoms with Crippen molar-refractivity contribution in [2.24, 2.45) is 0 Å². The summed E-state index contributed by atoms with van der Waals surface area (Å²) in [4.78, 5) is 0. The van der Waals surface area contributed by atoms with Gasteiger partial charge in [-0.05, 0) is 48.0 Å². The summed E-state index contributed by atoms with van der Waals surface area (Å²) in [5.74, 6) is 1.83. The molecular weight excluding hydrogens is 226 g/mol. The third-order valence-corrected chi connectivity index (χ3v) is 3.34. The van der Waals surface area contributed by atoms with Crippen LogP contribution in [-0.4, -0.2) is 26.3 Å². The molecule has 3 nitrogen and oxygen atoms in total. The zero-order valence-electron chi connectivity index (χ0n) is 10.5. The number of ether oxygens (including phenoxy) is 2. The van der Waals surface area contributed by atoms with E-state index >= 15 is 0 Å². The van der Waals surface area contributed by atoms with E-state index in [0.717, 1.165) is 31.0 Å². The first-order valence-corrected chi connectivity index (χ1v) is 6.30. The summed E-state index contributed by atoms with van der Waals surface area (Å²) in [5.41, 5.74) is 0. The van der Waals surface area contributed by atoms with Crippen LogP contribution in [0.2, 0.25) is 0 Å². The second-order valence-electron chi connectivity index (χ2n) is 4.61. The van der Waals surface area contributed by atoms with Gasteiger partial charge in [-0.3, -0.25) is 0 Å². The molecule has 0 aromatic heterocycles. The Bertz CT molecular complexity index is 547. The Kier molecular flexibility index (Phi) is 3.07. The third-order valence-electron chi connectivity index (χ3n) is 3.34. The first-order chi connectivity index (χ1) is 8.85. The van der Waals surface area contributed by atoms with Crippen molar-refractivity contribution < 1.29 is 9.47 Å². The molecule has 1 N–H and O–H groups in total. The largest absolute Gasteiger partial charge is 0.497 e. The van der Waals surface area contributed by atoms with Crippen LogP contribution in [0.15, 0.2) is 36.4 Å². The van der Waals surface area contributed by atoms with Crippen LogP contribution in [0.5, 0.6) is 11.5 Å². The predicted octanol–water partition coefficient (Wildman–Crippen LogP) is 2.59. The van der Waals surface area contributed by atoms with Gasteiger partial charge < -0.3 is 14.8 Å². The fourth-order valence-electron chi connectivity index (χ4n) is 2.32. The van der Waals surface area contributed by atoms with Crippen molar-refractivity contribution in [3.05, 3.63) is 36.4 Å². The van der Waals surface area contributed by atoms with E-state index in [1.165, 1.54) is 10.8 Å².